The molecule has 0 radical (unpaired) electrons. The molecule has 0 aromatic heterocycles. The fourth-order valence-corrected chi connectivity index (χ4v) is 2.59. The minimum atomic E-state index is -0.854. The van der Waals surface area contributed by atoms with Crippen molar-refractivity contribution in [3.8, 4) is 0 Å². The second-order valence-corrected chi connectivity index (χ2v) is 5.21. The molecule has 8 nitrogen and oxygen atoms in total. The monoisotopic (exact) mass is 283 g/mol. The molecule has 2 fully saturated rings. The highest BCUT2D eigenvalue weighted by Crippen LogP contribution is 2.25. The molecule has 0 aromatic carbocycles. The minimum absolute atomic E-state index is 0.0365. The van der Waals surface area contributed by atoms with Crippen molar-refractivity contribution in [1.29, 1.82) is 0 Å². The number of likely N-dealkylation sites (tertiary alicyclic amines) is 1. The van der Waals surface area contributed by atoms with E-state index in [0.717, 1.165) is 4.90 Å². The summed E-state index contributed by atoms with van der Waals surface area (Å²) in [6, 6.07) is -1.58. The summed E-state index contributed by atoms with van der Waals surface area (Å²) in [6.45, 7) is 0. The highest BCUT2D eigenvalue weighted by atomic mass is 16.4. The molecule has 1 aliphatic carbocycles. The summed E-state index contributed by atoms with van der Waals surface area (Å²) >= 11 is 0. The Bertz CT molecular complexity index is 464. The summed E-state index contributed by atoms with van der Waals surface area (Å²) in [7, 11) is 1.37. The zero-order chi connectivity index (χ0) is 14.9. The Labute approximate surface area is 115 Å². The van der Waals surface area contributed by atoms with Crippen LogP contribution in [0.1, 0.15) is 25.7 Å². The largest absolute Gasteiger partial charge is 0.481 e. The first kappa shape index (κ1) is 14.3. The molecule has 20 heavy (non-hydrogen) atoms. The molecule has 1 unspecified atom stereocenters. The molecular weight excluding hydrogens is 266 g/mol. The smallest absolute Gasteiger partial charge is 0.315 e. The van der Waals surface area contributed by atoms with Gasteiger partial charge in [0.05, 0.1) is 12.3 Å². The van der Waals surface area contributed by atoms with Crippen LogP contribution in [0.3, 0.4) is 0 Å². The topological polar surface area (TPSA) is 116 Å². The third kappa shape index (κ3) is 2.89. The van der Waals surface area contributed by atoms with Crippen LogP contribution in [-0.4, -0.2) is 53.0 Å². The van der Waals surface area contributed by atoms with E-state index in [4.69, 9.17) is 5.11 Å². The molecular formula is C12H17N3O5. The molecule has 1 saturated carbocycles. The summed E-state index contributed by atoms with van der Waals surface area (Å²) in [4.78, 5) is 46.5. The van der Waals surface area contributed by atoms with Gasteiger partial charge in [-0.15, -0.1) is 0 Å². The molecule has 1 saturated heterocycles. The van der Waals surface area contributed by atoms with E-state index in [9.17, 15) is 19.2 Å². The third-order valence-corrected chi connectivity index (χ3v) is 3.80. The predicted molar refractivity (Wildman–Crippen MR) is 66.6 cm³/mol. The molecule has 2 rings (SSSR count). The average molecular weight is 283 g/mol. The third-order valence-electron chi connectivity index (χ3n) is 3.80. The number of nitrogens with one attached hydrogen (secondary N) is 2. The van der Waals surface area contributed by atoms with Gasteiger partial charge in [-0.25, -0.2) is 4.79 Å². The molecule has 8 heteroatoms. The Morgan fingerprint density at radius 1 is 1.25 bits per heavy atom. The number of likely N-dealkylation sites (N-methyl/N-ethyl adjacent to an activating group) is 1. The van der Waals surface area contributed by atoms with Crippen molar-refractivity contribution >= 4 is 23.8 Å². The molecule has 3 N–H and O–H groups in total. The summed E-state index contributed by atoms with van der Waals surface area (Å²) in [6.07, 6.45) is 1.48. The van der Waals surface area contributed by atoms with Crippen molar-refractivity contribution in [2.45, 2.75) is 37.8 Å². The van der Waals surface area contributed by atoms with Gasteiger partial charge in [0.1, 0.15) is 6.04 Å². The van der Waals surface area contributed by atoms with Crippen LogP contribution < -0.4 is 10.6 Å². The Hall–Kier alpha value is -2.12. The molecule has 0 spiro atoms. The fraction of sp³-hybridized carbons (Fsp3) is 0.667. The number of hydrogen-bond acceptors (Lipinski definition) is 4. The lowest BCUT2D eigenvalue weighted by atomic mass is 10.1. The van der Waals surface area contributed by atoms with Crippen LogP contribution in [0.5, 0.6) is 0 Å². The Morgan fingerprint density at radius 2 is 1.95 bits per heavy atom. The number of amides is 4. The lowest BCUT2D eigenvalue weighted by molar-refractivity contribution is -0.141. The SMILES string of the molecule is CN1C(=O)CC(NC(=O)N[C@H]2CC[C@@H](C(=O)O)C2)C1=O. The van der Waals surface area contributed by atoms with Gasteiger partial charge in [0.25, 0.3) is 5.91 Å². The molecule has 4 amide bonds. The van der Waals surface area contributed by atoms with Gasteiger partial charge in [0, 0.05) is 13.1 Å². The number of aliphatic carboxylic acids is 1. The maximum absolute atomic E-state index is 11.7. The highest BCUT2D eigenvalue weighted by Gasteiger charge is 2.37. The van der Waals surface area contributed by atoms with Crippen LogP contribution in [0, 0.1) is 5.92 Å². The normalized spacial score (nSPS) is 29.6. The van der Waals surface area contributed by atoms with Crippen molar-refractivity contribution in [3.05, 3.63) is 0 Å². The first-order chi connectivity index (χ1) is 9.38. The maximum atomic E-state index is 11.7. The standard InChI is InChI=1S/C12H17N3O5/c1-15-9(16)5-8(10(15)17)14-12(20)13-7-3-2-6(4-7)11(18)19/h6-8H,2-5H2,1H3,(H,18,19)(H2,13,14,20)/t6-,7+,8?/m1/s1. The van der Waals surface area contributed by atoms with E-state index in [-0.39, 0.29) is 18.4 Å². The van der Waals surface area contributed by atoms with Gasteiger partial charge in [-0.1, -0.05) is 0 Å². The van der Waals surface area contributed by atoms with E-state index in [1.807, 2.05) is 0 Å². The molecule has 110 valence electrons. The fourth-order valence-electron chi connectivity index (χ4n) is 2.59. The number of carbonyl (C=O) groups excluding carboxylic acids is 3. The van der Waals surface area contributed by atoms with Gasteiger partial charge in [-0.05, 0) is 19.3 Å². The van der Waals surface area contributed by atoms with Gasteiger partial charge < -0.3 is 15.7 Å². The Morgan fingerprint density at radius 3 is 2.45 bits per heavy atom. The molecule has 1 heterocycles. The summed E-state index contributed by atoms with van der Waals surface area (Å²) in [5, 5.41) is 14.0. The number of carboxylic acids is 1. The Balaban J connectivity index is 1.81. The number of nitrogens with zero attached hydrogens (tertiary/aromatic N) is 1. The average Bonchev–Trinajstić information content (AvgIpc) is 2.92. The van der Waals surface area contributed by atoms with Crippen LogP contribution >= 0.6 is 0 Å². The quantitative estimate of drug-likeness (QED) is 0.592. The summed E-state index contributed by atoms with van der Waals surface area (Å²) in [5.74, 6) is -2.04. The van der Waals surface area contributed by atoms with E-state index in [1.54, 1.807) is 0 Å². The lowest BCUT2D eigenvalue weighted by Gasteiger charge is -2.16. The molecule has 2 aliphatic rings. The van der Waals surface area contributed by atoms with Gasteiger partial charge in [0.2, 0.25) is 5.91 Å². The van der Waals surface area contributed by atoms with Gasteiger partial charge in [-0.2, -0.15) is 0 Å². The van der Waals surface area contributed by atoms with Crippen molar-refractivity contribution < 1.29 is 24.3 Å². The first-order valence-electron chi connectivity index (χ1n) is 6.48. The van der Waals surface area contributed by atoms with E-state index < -0.39 is 29.9 Å². The molecule has 0 bridgehead atoms. The maximum Gasteiger partial charge on any atom is 0.315 e. The van der Waals surface area contributed by atoms with Gasteiger partial charge >= 0.3 is 12.0 Å². The van der Waals surface area contributed by atoms with Crippen molar-refractivity contribution in [1.82, 2.24) is 15.5 Å². The van der Waals surface area contributed by atoms with Crippen LogP contribution in [0.4, 0.5) is 4.79 Å². The summed E-state index contributed by atoms with van der Waals surface area (Å²) in [5.41, 5.74) is 0. The van der Waals surface area contributed by atoms with Crippen LogP contribution in [0.15, 0.2) is 0 Å². The number of urea groups is 1. The van der Waals surface area contributed by atoms with E-state index in [2.05, 4.69) is 10.6 Å². The molecule has 0 aromatic rings. The van der Waals surface area contributed by atoms with Crippen LogP contribution in [-0.2, 0) is 14.4 Å². The lowest BCUT2D eigenvalue weighted by Crippen LogP contribution is -2.48. The Kier molecular flexibility index (Phi) is 3.91. The second-order valence-electron chi connectivity index (χ2n) is 5.21. The van der Waals surface area contributed by atoms with Gasteiger partial charge in [0.15, 0.2) is 0 Å². The van der Waals surface area contributed by atoms with Crippen molar-refractivity contribution in [2.75, 3.05) is 7.05 Å². The van der Waals surface area contributed by atoms with E-state index in [1.165, 1.54) is 7.05 Å². The highest BCUT2D eigenvalue weighted by molar-refractivity contribution is 6.06. The number of hydrogen-bond donors (Lipinski definition) is 3. The van der Waals surface area contributed by atoms with Crippen molar-refractivity contribution in [3.63, 3.8) is 0 Å². The van der Waals surface area contributed by atoms with Crippen LogP contribution in [0.25, 0.3) is 0 Å². The molecule has 3 atom stereocenters. The number of imide groups is 1. The van der Waals surface area contributed by atoms with E-state index in [0.29, 0.717) is 19.3 Å². The number of carbonyl (C=O) groups is 4. The number of carboxylic acid groups (broad SMARTS) is 1. The zero-order valence-electron chi connectivity index (χ0n) is 11.1. The summed E-state index contributed by atoms with van der Waals surface area (Å²) < 4.78 is 0. The number of rotatable bonds is 3. The zero-order valence-corrected chi connectivity index (χ0v) is 11.1. The molecule has 1 aliphatic heterocycles. The minimum Gasteiger partial charge on any atom is -0.481 e. The van der Waals surface area contributed by atoms with Crippen molar-refractivity contribution in [2.24, 2.45) is 5.92 Å². The van der Waals surface area contributed by atoms with Crippen LogP contribution in [0.2, 0.25) is 0 Å². The first-order valence-corrected chi connectivity index (χ1v) is 6.48. The second kappa shape index (κ2) is 5.48. The van der Waals surface area contributed by atoms with Gasteiger partial charge in [-0.3, -0.25) is 19.3 Å². The predicted octanol–water partition coefficient (Wildman–Crippen LogP) is -0.704. The van der Waals surface area contributed by atoms with E-state index >= 15 is 0 Å².